The third-order valence-electron chi connectivity index (χ3n) is 9.05. The number of aromatic nitrogens is 1. The standard InChI is InChI=1S/C29H43NO5S/c1-19(6-4-13-29(34,35-20(2)31)27-30-14-15-36-27)25-10-11-26-22(7-5-12-28(25,26)3)9-8-21-16-23(32)18-24(33)17-21/h8-9,14-15,19,23-26,32-34H,4-7,10-13,16-18H2,1-3H3/b22-9+/t19-,23-,24-,25-,26+,28-,29+/m1/s1. The Morgan fingerprint density at radius 2 is 2.06 bits per heavy atom. The second kappa shape index (κ2) is 11.5. The molecule has 0 amide bonds. The zero-order chi connectivity index (χ0) is 25.9. The molecule has 1 aromatic rings. The van der Waals surface area contributed by atoms with E-state index in [1.807, 2.05) is 0 Å². The van der Waals surface area contributed by atoms with Crippen LogP contribution in [0.4, 0.5) is 0 Å². The quantitative estimate of drug-likeness (QED) is 0.305. The van der Waals surface area contributed by atoms with Gasteiger partial charge < -0.3 is 20.1 Å². The number of carbonyl (C=O) groups excluding carboxylic acids is 1. The van der Waals surface area contributed by atoms with Crippen molar-refractivity contribution in [3.8, 4) is 0 Å². The first-order chi connectivity index (χ1) is 17.1. The molecule has 3 aliphatic carbocycles. The van der Waals surface area contributed by atoms with Crippen LogP contribution in [0.2, 0.25) is 0 Å². The second-order valence-corrected chi connectivity index (χ2v) is 12.6. The number of hydrogen-bond donors (Lipinski definition) is 3. The molecule has 1 heterocycles. The number of fused-ring (bicyclic) bond motifs is 1. The molecule has 3 aliphatic rings. The van der Waals surface area contributed by atoms with Crippen molar-refractivity contribution in [2.45, 2.75) is 109 Å². The lowest BCUT2D eigenvalue weighted by Crippen LogP contribution is -2.36. The number of hydrogen-bond acceptors (Lipinski definition) is 7. The fraction of sp³-hybridized carbons (Fsp3) is 0.724. The number of ether oxygens (including phenoxy) is 1. The molecule has 3 fully saturated rings. The topological polar surface area (TPSA) is 99.9 Å². The molecule has 200 valence electrons. The van der Waals surface area contributed by atoms with Gasteiger partial charge in [-0.15, -0.1) is 11.3 Å². The third-order valence-corrected chi connectivity index (χ3v) is 9.96. The fourth-order valence-corrected chi connectivity index (χ4v) is 8.17. The van der Waals surface area contributed by atoms with Gasteiger partial charge in [0, 0.05) is 24.9 Å². The second-order valence-electron chi connectivity index (χ2n) is 11.7. The van der Waals surface area contributed by atoms with E-state index in [4.69, 9.17) is 4.74 Å². The zero-order valence-corrected chi connectivity index (χ0v) is 22.8. The van der Waals surface area contributed by atoms with Crippen molar-refractivity contribution in [2.24, 2.45) is 23.2 Å². The van der Waals surface area contributed by atoms with Crippen LogP contribution in [0.15, 0.2) is 34.9 Å². The van der Waals surface area contributed by atoms with Gasteiger partial charge in [0.1, 0.15) is 0 Å². The van der Waals surface area contributed by atoms with E-state index in [9.17, 15) is 20.1 Å². The van der Waals surface area contributed by atoms with Gasteiger partial charge in [-0.1, -0.05) is 43.6 Å². The van der Waals surface area contributed by atoms with Crippen molar-refractivity contribution in [1.82, 2.24) is 4.98 Å². The summed E-state index contributed by atoms with van der Waals surface area (Å²) in [5.41, 5.74) is 2.97. The summed E-state index contributed by atoms with van der Waals surface area (Å²) >= 11 is 1.31. The van der Waals surface area contributed by atoms with E-state index < -0.39 is 24.0 Å². The number of nitrogens with zero attached hydrogens (tertiary/aromatic N) is 1. The van der Waals surface area contributed by atoms with Gasteiger partial charge in [0.05, 0.1) is 12.2 Å². The molecule has 0 radical (unpaired) electrons. The summed E-state index contributed by atoms with van der Waals surface area (Å²) in [6.07, 6.45) is 15.2. The monoisotopic (exact) mass is 517 g/mol. The molecule has 3 saturated carbocycles. The maximum Gasteiger partial charge on any atom is 0.305 e. The third kappa shape index (κ3) is 6.12. The van der Waals surface area contributed by atoms with Crippen LogP contribution < -0.4 is 0 Å². The fourth-order valence-electron chi connectivity index (χ4n) is 7.47. The number of rotatable bonds is 8. The van der Waals surface area contributed by atoms with Crippen LogP contribution in [-0.2, 0) is 15.3 Å². The summed E-state index contributed by atoms with van der Waals surface area (Å²) in [7, 11) is 0. The van der Waals surface area contributed by atoms with Crippen molar-refractivity contribution in [3.63, 3.8) is 0 Å². The maximum atomic E-state index is 11.6. The minimum absolute atomic E-state index is 0.273. The molecule has 7 atom stereocenters. The van der Waals surface area contributed by atoms with Gasteiger partial charge in [0.15, 0.2) is 5.01 Å². The van der Waals surface area contributed by atoms with Crippen LogP contribution in [0.3, 0.4) is 0 Å². The predicted octanol–water partition coefficient (Wildman–Crippen LogP) is 5.63. The molecule has 3 N–H and O–H groups in total. The van der Waals surface area contributed by atoms with Gasteiger partial charge in [-0.3, -0.25) is 4.79 Å². The Morgan fingerprint density at radius 3 is 2.72 bits per heavy atom. The van der Waals surface area contributed by atoms with Gasteiger partial charge in [-0.05, 0) is 81.0 Å². The Bertz CT molecular complexity index is 947. The van der Waals surface area contributed by atoms with Gasteiger partial charge in [-0.25, -0.2) is 4.98 Å². The van der Waals surface area contributed by atoms with Gasteiger partial charge in [-0.2, -0.15) is 0 Å². The number of carbonyl (C=O) groups is 1. The highest BCUT2D eigenvalue weighted by Gasteiger charge is 2.50. The number of allylic oxidation sites excluding steroid dienone is 3. The van der Waals surface area contributed by atoms with E-state index in [0.717, 1.165) is 24.8 Å². The molecule has 7 heteroatoms. The molecule has 36 heavy (non-hydrogen) atoms. The summed E-state index contributed by atoms with van der Waals surface area (Å²) in [4.78, 5) is 15.8. The molecule has 0 bridgehead atoms. The minimum Gasteiger partial charge on any atom is -0.426 e. The summed E-state index contributed by atoms with van der Waals surface area (Å²) in [6, 6.07) is 0. The molecular weight excluding hydrogens is 474 g/mol. The summed E-state index contributed by atoms with van der Waals surface area (Å²) < 4.78 is 5.32. The normalized spacial score (nSPS) is 34.2. The van der Waals surface area contributed by atoms with Crippen LogP contribution in [0.1, 0.15) is 96.4 Å². The average molecular weight is 518 g/mol. The average Bonchev–Trinajstić information content (AvgIpc) is 3.45. The Balaban J connectivity index is 1.39. The number of aliphatic hydroxyl groups is 3. The van der Waals surface area contributed by atoms with E-state index in [1.165, 1.54) is 49.5 Å². The van der Waals surface area contributed by atoms with Crippen molar-refractivity contribution in [1.29, 1.82) is 0 Å². The van der Waals surface area contributed by atoms with E-state index in [-0.39, 0.29) is 5.41 Å². The Morgan fingerprint density at radius 1 is 1.31 bits per heavy atom. The highest BCUT2D eigenvalue weighted by molar-refractivity contribution is 7.09. The van der Waals surface area contributed by atoms with Crippen LogP contribution in [0, 0.1) is 23.2 Å². The van der Waals surface area contributed by atoms with Crippen molar-refractivity contribution >= 4 is 17.3 Å². The van der Waals surface area contributed by atoms with Crippen LogP contribution >= 0.6 is 11.3 Å². The maximum absolute atomic E-state index is 11.6. The molecule has 0 unspecified atom stereocenters. The lowest BCUT2D eigenvalue weighted by Gasteiger charge is -2.44. The predicted molar refractivity (Wildman–Crippen MR) is 141 cm³/mol. The molecule has 0 saturated heterocycles. The smallest absolute Gasteiger partial charge is 0.305 e. The lowest BCUT2D eigenvalue weighted by molar-refractivity contribution is -0.216. The molecule has 4 rings (SSSR count). The minimum atomic E-state index is -1.64. The SMILES string of the molecule is CC(=O)O[C@@](O)(CCC[C@@H](C)[C@H]1CC[C@H]2/C(=C/C=C3C[C@@H](O)C[C@H](O)C3)CCC[C@]12C)c1nccs1. The summed E-state index contributed by atoms with van der Waals surface area (Å²) in [5, 5.41) is 33.3. The zero-order valence-electron chi connectivity index (χ0n) is 22.0. The van der Waals surface area contributed by atoms with Crippen LogP contribution in [0.5, 0.6) is 0 Å². The van der Waals surface area contributed by atoms with Crippen LogP contribution in [0.25, 0.3) is 0 Å². The first-order valence-corrected chi connectivity index (χ1v) is 14.5. The largest absolute Gasteiger partial charge is 0.426 e. The molecule has 0 aliphatic heterocycles. The Kier molecular flexibility index (Phi) is 8.75. The number of thiazole rings is 1. The Hall–Kier alpha value is -1.54. The highest BCUT2D eigenvalue weighted by Crippen LogP contribution is 2.60. The Labute approximate surface area is 219 Å². The van der Waals surface area contributed by atoms with Crippen molar-refractivity contribution in [3.05, 3.63) is 39.9 Å². The van der Waals surface area contributed by atoms with Gasteiger partial charge in [0.25, 0.3) is 5.79 Å². The number of esters is 1. The summed E-state index contributed by atoms with van der Waals surface area (Å²) in [6.45, 7) is 6.14. The van der Waals surface area contributed by atoms with Gasteiger partial charge >= 0.3 is 5.97 Å². The van der Waals surface area contributed by atoms with Crippen LogP contribution in [-0.4, -0.2) is 38.5 Å². The lowest BCUT2D eigenvalue weighted by atomic mass is 9.60. The molecular formula is C29H43NO5S. The van der Waals surface area contributed by atoms with Crippen molar-refractivity contribution in [2.75, 3.05) is 0 Å². The van der Waals surface area contributed by atoms with Crippen molar-refractivity contribution < 1.29 is 24.9 Å². The van der Waals surface area contributed by atoms with E-state index in [1.54, 1.807) is 11.6 Å². The first-order valence-electron chi connectivity index (χ1n) is 13.7. The first kappa shape index (κ1) is 27.5. The van der Waals surface area contributed by atoms with E-state index in [2.05, 4.69) is 31.0 Å². The molecule has 0 spiro atoms. The van der Waals surface area contributed by atoms with E-state index >= 15 is 0 Å². The van der Waals surface area contributed by atoms with Gasteiger partial charge in [0.2, 0.25) is 0 Å². The molecule has 1 aromatic heterocycles. The molecule has 0 aromatic carbocycles. The highest BCUT2D eigenvalue weighted by atomic mass is 32.1. The summed E-state index contributed by atoms with van der Waals surface area (Å²) in [5.74, 6) is -0.419. The number of aliphatic hydroxyl groups excluding tert-OH is 2. The van der Waals surface area contributed by atoms with E-state index in [0.29, 0.717) is 48.4 Å². The molecule has 6 nitrogen and oxygen atoms in total.